The molecule has 4 rings (SSSR count). The van der Waals surface area contributed by atoms with Gasteiger partial charge in [0.25, 0.3) is 0 Å². The Bertz CT molecular complexity index is 1050. The quantitative estimate of drug-likeness (QED) is 0.564. The largest absolute Gasteiger partial charge is 0.337 e. The van der Waals surface area contributed by atoms with Crippen LogP contribution in [0, 0.1) is 11.3 Å². The van der Waals surface area contributed by atoms with Crippen molar-refractivity contribution in [3.05, 3.63) is 72.2 Å². The molecule has 0 unspecified atom stereocenters. The van der Waals surface area contributed by atoms with E-state index in [1.54, 1.807) is 6.20 Å². The van der Waals surface area contributed by atoms with E-state index in [4.69, 9.17) is 0 Å². The molecule has 4 nitrogen and oxygen atoms in total. The molecule has 0 fully saturated rings. The van der Waals surface area contributed by atoms with Crippen LogP contribution in [0.1, 0.15) is 11.4 Å². The highest BCUT2D eigenvalue weighted by Crippen LogP contribution is 2.21. The van der Waals surface area contributed by atoms with E-state index in [2.05, 4.69) is 21.0 Å². The minimum Gasteiger partial charge on any atom is -0.337 e. The fourth-order valence-corrected chi connectivity index (χ4v) is 2.57. The zero-order chi connectivity index (χ0) is 15.6. The normalized spacial score (nSPS) is 11.7. The van der Waals surface area contributed by atoms with Crippen molar-refractivity contribution in [1.82, 2.24) is 15.0 Å². The number of imidazole rings is 1. The first-order valence-electron chi connectivity index (χ1n) is 7.25. The molecule has 0 saturated carbocycles. The SMILES string of the molecule is N#CC(=Cc1ccc2cccnc2c1)c1nc2ccccc2[nH]1. The molecule has 0 aliphatic rings. The number of H-pyrrole nitrogens is 1. The molecule has 0 aliphatic heterocycles. The predicted octanol–water partition coefficient (Wildman–Crippen LogP) is 4.18. The third kappa shape index (κ3) is 2.45. The van der Waals surface area contributed by atoms with E-state index in [9.17, 15) is 5.26 Å². The zero-order valence-corrected chi connectivity index (χ0v) is 12.2. The number of fused-ring (bicyclic) bond motifs is 2. The van der Waals surface area contributed by atoms with Crippen molar-refractivity contribution in [3.63, 3.8) is 0 Å². The Morgan fingerprint density at radius 1 is 1.04 bits per heavy atom. The molecule has 4 heteroatoms. The van der Waals surface area contributed by atoms with Gasteiger partial charge in [-0.1, -0.05) is 30.3 Å². The van der Waals surface area contributed by atoms with Crippen molar-refractivity contribution in [2.24, 2.45) is 0 Å². The number of aromatic amines is 1. The number of benzene rings is 2. The molecule has 0 radical (unpaired) electrons. The maximum Gasteiger partial charge on any atom is 0.149 e. The first-order valence-corrected chi connectivity index (χ1v) is 7.25. The number of allylic oxidation sites excluding steroid dienone is 1. The molecule has 23 heavy (non-hydrogen) atoms. The van der Waals surface area contributed by atoms with Crippen LogP contribution in [-0.2, 0) is 0 Å². The monoisotopic (exact) mass is 296 g/mol. The molecule has 0 aliphatic carbocycles. The Hall–Kier alpha value is -3.45. The van der Waals surface area contributed by atoms with Gasteiger partial charge in [-0.15, -0.1) is 0 Å². The van der Waals surface area contributed by atoms with Crippen LogP contribution >= 0.6 is 0 Å². The fraction of sp³-hybridized carbons (Fsp3) is 0. The Labute approximate surface area is 132 Å². The summed E-state index contributed by atoms with van der Waals surface area (Å²) in [7, 11) is 0. The van der Waals surface area contributed by atoms with E-state index in [1.807, 2.05) is 60.7 Å². The molecule has 1 N–H and O–H groups in total. The van der Waals surface area contributed by atoms with Gasteiger partial charge in [-0.25, -0.2) is 4.98 Å². The lowest BCUT2D eigenvalue weighted by molar-refractivity contribution is 1.27. The van der Waals surface area contributed by atoms with Gasteiger partial charge in [0.15, 0.2) is 0 Å². The lowest BCUT2D eigenvalue weighted by atomic mass is 10.1. The molecule has 0 spiro atoms. The number of pyridine rings is 1. The molecular formula is C19H12N4. The van der Waals surface area contributed by atoms with Gasteiger partial charge in [0, 0.05) is 11.6 Å². The minimum absolute atomic E-state index is 0.497. The molecule has 2 aromatic carbocycles. The topological polar surface area (TPSA) is 65.4 Å². The van der Waals surface area contributed by atoms with Crippen LogP contribution in [0.15, 0.2) is 60.8 Å². The third-order valence-corrected chi connectivity index (χ3v) is 3.71. The predicted molar refractivity (Wildman–Crippen MR) is 91.3 cm³/mol. The standard InChI is InChI=1S/C19H12N4/c20-12-15(19-22-16-5-1-2-6-17(16)23-19)10-13-7-8-14-4-3-9-21-18(14)11-13/h1-11H,(H,22,23). The summed E-state index contributed by atoms with van der Waals surface area (Å²) in [5.41, 5.74) is 4.10. The average Bonchev–Trinajstić information content (AvgIpc) is 3.03. The second-order valence-corrected chi connectivity index (χ2v) is 5.23. The van der Waals surface area contributed by atoms with Crippen LogP contribution in [0.3, 0.4) is 0 Å². The second-order valence-electron chi connectivity index (χ2n) is 5.23. The Balaban J connectivity index is 1.81. The third-order valence-electron chi connectivity index (χ3n) is 3.71. The Morgan fingerprint density at radius 3 is 2.83 bits per heavy atom. The number of nitrogens with one attached hydrogen (secondary N) is 1. The first-order chi connectivity index (χ1) is 11.3. The number of para-hydroxylation sites is 2. The van der Waals surface area contributed by atoms with Gasteiger partial charge in [0.05, 0.1) is 22.1 Å². The smallest absolute Gasteiger partial charge is 0.149 e. The van der Waals surface area contributed by atoms with Gasteiger partial charge >= 0.3 is 0 Å². The number of hydrogen-bond donors (Lipinski definition) is 1. The van der Waals surface area contributed by atoms with Gasteiger partial charge in [-0.05, 0) is 35.9 Å². The average molecular weight is 296 g/mol. The summed E-state index contributed by atoms with van der Waals surface area (Å²) in [5.74, 6) is 0.579. The number of aromatic nitrogens is 3. The Morgan fingerprint density at radius 2 is 1.96 bits per heavy atom. The molecular weight excluding hydrogens is 284 g/mol. The summed E-state index contributed by atoms with van der Waals surface area (Å²) in [6.45, 7) is 0. The van der Waals surface area contributed by atoms with E-state index in [-0.39, 0.29) is 0 Å². The lowest BCUT2D eigenvalue weighted by Gasteiger charge is -1.99. The van der Waals surface area contributed by atoms with Crippen LogP contribution in [0.25, 0.3) is 33.6 Å². The molecule has 2 aromatic heterocycles. The van der Waals surface area contributed by atoms with Crippen LogP contribution in [-0.4, -0.2) is 15.0 Å². The maximum absolute atomic E-state index is 9.49. The lowest BCUT2D eigenvalue weighted by Crippen LogP contribution is -1.85. The van der Waals surface area contributed by atoms with Crippen molar-refractivity contribution in [3.8, 4) is 6.07 Å². The van der Waals surface area contributed by atoms with Gasteiger partial charge in [0.1, 0.15) is 11.9 Å². The highest BCUT2D eigenvalue weighted by Gasteiger charge is 2.07. The molecule has 0 amide bonds. The number of hydrogen-bond acceptors (Lipinski definition) is 3. The number of nitriles is 1. The number of nitrogens with zero attached hydrogens (tertiary/aromatic N) is 3. The van der Waals surface area contributed by atoms with Crippen molar-refractivity contribution >= 4 is 33.6 Å². The van der Waals surface area contributed by atoms with Crippen LogP contribution in [0.2, 0.25) is 0 Å². The summed E-state index contributed by atoms with van der Waals surface area (Å²) in [6.07, 6.45) is 3.59. The zero-order valence-electron chi connectivity index (χ0n) is 12.2. The van der Waals surface area contributed by atoms with Crippen LogP contribution in [0.4, 0.5) is 0 Å². The van der Waals surface area contributed by atoms with Crippen LogP contribution in [0.5, 0.6) is 0 Å². The fourth-order valence-electron chi connectivity index (χ4n) is 2.57. The molecule has 0 atom stereocenters. The summed E-state index contributed by atoms with van der Waals surface area (Å²) in [5, 5.41) is 10.6. The minimum atomic E-state index is 0.497. The molecule has 108 valence electrons. The highest BCUT2D eigenvalue weighted by molar-refractivity contribution is 5.92. The highest BCUT2D eigenvalue weighted by atomic mass is 14.9. The molecule has 0 saturated heterocycles. The van der Waals surface area contributed by atoms with Crippen molar-refractivity contribution in [2.45, 2.75) is 0 Å². The number of rotatable bonds is 2. The van der Waals surface area contributed by atoms with Crippen molar-refractivity contribution in [1.29, 1.82) is 5.26 Å². The van der Waals surface area contributed by atoms with Gasteiger partial charge < -0.3 is 4.98 Å². The van der Waals surface area contributed by atoms with Gasteiger partial charge in [0.2, 0.25) is 0 Å². The van der Waals surface area contributed by atoms with Gasteiger partial charge in [-0.2, -0.15) is 5.26 Å². The first kappa shape index (κ1) is 13.2. The van der Waals surface area contributed by atoms with Gasteiger partial charge in [-0.3, -0.25) is 4.98 Å². The summed E-state index contributed by atoms with van der Waals surface area (Å²) < 4.78 is 0. The van der Waals surface area contributed by atoms with E-state index < -0.39 is 0 Å². The van der Waals surface area contributed by atoms with E-state index in [0.29, 0.717) is 11.4 Å². The Kier molecular flexibility index (Phi) is 3.10. The van der Waals surface area contributed by atoms with E-state index in [0.717, 1.165) is 27.5 Å². The molecule has 2 heterocycles. The van der Waals surface area contributed by atoms with E-state index in [1.165, 1.54) is 0 Å². The van der Waals surface area contributed by atoms with Crippen LogP contribution < -0.4 is 0 Å². The van der Waals surface area contributed by atoms with E-state index >= 15 is 0 Å². The maximum atomic E-state index is 9.49. The molecule has 0 bridgehead atoms. The second kappa shape index (κ2) is 5.39. The van der Waals surface area contributed by atoms with Crippen molar-refractivity contribution < 1.29 is 0 Å². The summed E-state index contributed by atoms with van der Waals surface area (Å²) >= 11 is 0. The summed E-state index contributed by atoms with van der Waals surface area (Å²) in [4.78, 5) is 12.0. The van der Waals surface area contributed by atoms with Crippen molar-refractivity contribution in [2.75, 3.05) is 0 Å². The summed E-state index contributed by atoms with van der Waals surface area (Å²) in [6, 6.07) is 19.8. The molecule has 4 aromatic rings.